The molecule has 60 heavy (non-hydrogen) atoms. The number of likely N-dealkylation sites (N-methyl/N-ethyl adjacent to an activating group) is 1. The van der Waals surface area contributed by atoms with Crippen LogP contribution < -0.4 is 5.32 Å². The first-order chi connectivity index (χ1) is 29.0. The second kappa shape index (κ2) is 43.7. The van der Waals surface area contributed by atoms with Gasteiger partial charge in [0.05, 0.1) is 39.9 Å². The summed E-state index contributed by atoms with van der Waals surface area (Å²) in [7, 11) is 1.63. The highest BCUT2D eigenvalue weighted by Crippen LogP contribution is 2.43. The van der Waals surface area contributed by atoms with Gasteiger partial charge in [0.15, 0.2) is 0 Å². The number of amides is 1. The van der Waals surface area contributed by atoms with Gasteiger partial charge in [0.1, 0.15) is 13.2 Å². The van der Waals surface area contributed by atoms with Gasteiger partial charge in [-0.25, -0.2) is 4.57 Å². The fraction of sp³-hybridized carbons (Fsp3) is 0.980. The number of hydrogen-bond donors (Lipinski definition) is 3. The highest BCUT2D eigenvalue weighted by atomic mass is 31.2. The van der Waals surface area contributed by atoms with Crippen LogP contribution in [0.25, 0.3) is 0 Å². The van der Waals surface area contributed by atoms with E-state index in [9.17, 15) is 19.4 Å². The van der Waals surface area contributed by atoms with E-state index >= 15 is 0 Å². The fourth-order valence-electron chi connectivity index (χ4n) is 8.17. The molecule has 0 fully saturated rings. The van der Waals surface area contributed by atoms with Crippen LogP contribution in [0.3, 0.4) is 0 Å². The Bertz CT molecular complexity index is 947. The Kier molecular flexibility index (Phi) is 43.4. The van der Waals surface area contributed by atoms with Crippen molar-refractivity contribution >= 4 is 13.7 Å². The van der Waals surface area contributed by atoms with Crippen LogP contribution in [0.1, 0.15) is 271 Å². The minimum Gasteiger partial charge on any atom is -0.391 e. The summed E-state index contributed by atoms with van der Waals surface area (Å²) in [5.41, 5.74) is 0. The van der Waals surface area contributed by atoms with Crippen LogP contribution in [0.4, 0.5) is 0 Å². The minimum absolute atomic E-state index is 0.0788. The molecule has 3 unspecified atom stereocenters. The Morgan fingerprint density at radius 1 is 0.500 bits per heavy atom. The Balaban J connectivity index is 4.12. The van der Waals surface area contributed by atoms with Crippen molar-refractivity contribution in [3.05, 3.63) is 0 Å². The lowest BCUT2D eigenvalue weighted by Crippen LogP contribution is -2.46. The van der Waals surface area contributed by atoms with Crippen molar-refractivity contribution in [2.75, 3.05) is 40.9 Å². The first kappa shape index (κ1) is 59.5. The normalized spacial score (nSPS) is 14.1. The quantitative estimate of drug-likeness (QED) is 0.0319. The van der Waals surface area contributed by atoms with Gasteiger partial charge in [-0.1, -0.05) is 251 Å². The summed E-state index contributed by atoms with van der Waals surface area (Å²) in [6.45, 7) is 4.92. The molecule has 9 heteroatoms. The lowest BCUT2D eigenvalue weighted by molar-refractivity contribution is -0.870. The number of nitrogens with zero attached hydrogens (tertiary/aromatic N) is 1. The predicted octanol–water partition coefficient (Wildman–Crippen LogP) is 15.3. The van der Waals surface area contributed by atoms with E-state index in [1.165, 1.54) is 205 Å². The summed E-state index contributed by atoms with van der Waals surface area (Å²) in [6, 6.07) is -0.753. The van der Waals surface area contributed by atoms with Gasteiger partial charge in [-0.15, -0.1) is 0 Å². The van der Waals surface area contributed by atoms with Gasteiger partial charge >= 0.3 is 7.82 Å². The molecule has 0 aliphatic heterocycles. The number of quaternary nitrogens is 1. The topological polar surface area (TPSA) is 105 Å². The van der Waals surface area contributed by atoms with E-state index in [1.807, 2.05) is 21.1 Å². The zero-order chi connectivity index (χ0) is 44.3. The summed E-state index contributed by atoms with van der Waals surface area (Å²) in [5, 5.41) is 14.0. The van der Waals surface area contributed by atoms with Crippen LogP contribution in [0.5, 0.6) is 0 Å². The van der Waals surface area contributed by atoms with E-state index in [0.29, 0.717) is 23.9 Å². The Morgan fingerprint density at radius 2 is 0.800 bits per heavy atom. The monoisotopic (exact) mass is 874 g/mol. The van der Waals surface area contributed by atoms with Crippen molar-refractivity contribution in [3.8, 4) is 0 Å². The van der Waals surface area contributed by atoms with Crippen LogP contribution in [0, 0.1) is 0 Å². The number of rotatable bonds is 49. The van der Waals surface area contributed by atoms with Crippen molar-refractivity contribution in [2.45, 2.75) is 283 Å². The van der Waals surface area contributed by atoms with E-state index in [4.69, 9.17) is 9.05 Å². The summed E-state index contributed by atoms with van der Waals surface area (Å²) >= 11 is 0. The van der Waals surface area contributed by atoms with Crippen molar-refractivity contribution in [2.24, 2.45) is 0 Å². The number of aliphatic hydroxyl groups is 1. The molecule has 0 rings (SSSR count). The molecule has 0 aromatic heterocycles. The molecular weight excluding hydrogens is 768 g/mol. The van der Waals surface area contributed by atoms with Crippen LogP contribution >= 0.6 is 7.82 Å². The minimum atomic E-state index is -4.31. The van der Waals surface area contributed by atoms with Gasteiger partial charge in [-0.05, 0) is 12.8 Å². The number of carbonyl (C=O) groups is 1. The molecule has 3 N–H and O–H groups in total. The standard InChI is InChI=1S/C51H105N2O6P/c1-6-8-10-12-14-16-18-20-21-22-23-24-25-26-27-28-29-30-31-33-34-36-38-40-42-44-50(54)49(48-59-60(56,57)58-47-46-53(3,4)5)52-51(55)45-43-41-39-37-35-32-19-17-15-13-11-9-7-2/h49-50,54H,6-48H2,1-5H3,(H-,52,55,56,57)/p+1. The Hall–Kier alpha value is -0.500. The number of nitrogens with one attached hydrogen (secondary N) is 1. The average Bonchev–Trinajstić information content (AvgIpc) is 3.20. The largest absolute Gasteiger partial charge is 0.472 e. The molecule has 0 aromatic rings. The molecule has 8 nitrogen and oxygen atoms in total. The molecule has 0 saturated carbocycles. The van der Waals surface area contributed by atoms with Crippen LogP contribution in [-0.4, -0.2) is 73.4 Å². The first-order valence-electron chi connectivity index (χ1n) is 26.4. The van der Waals surface area contributed by atoms with Gasteiger partial charge in [0.25, 0.3) is 0 Å². The molecule has 1 amide bonds. The van der Waals surface area contributed by atoms with Gasteiger partial charge in [0.2, 0.25) is 5.91 Å². The maximum absolute atomic E-state index is 12.9. The second-order valence-electron chi connectivity index (χ2n) is 19.6. The fourth-order valence-corrected chi connectivity index (χ4v) is 8.90. The lowest BCUT2D eigenvalue weighted by atomic mass is 10.0. The number of hydrogen-bond acceptors (Lipinski definition) is 5. The van der Waals surface area contributed by atoms with Crippen molar-refractivity contribution < 1.29 is 32.9 Å². The summed E-state index contributed by atoms with van der Waals surface area (Å²) in [6.07, 6.45) is 50.0. The molecule has 0 aliphatic carbocycles. The molecule has 0 aromatic carbocycles. The number of carbonyl (C=O) groups excluding carboxylic acids is 1. The molecule has 0 radical (unpaired) electrons. The van der Waals surface area contributed by atoms with Gasteiger partial charge in [-0.2, -0.15) is 0 Å². The molecule has 0 heterocycles. The third kappa shape index (κ3) is 45.5. The maximum atomic E-state index is 12.9. The highest BCUT2D eigenvalue weighted by Gasteiger charge is 2.28. The van der Waals surface area contributed by atoms with E-state index in [0.717, 1.165) is 38.5 Å². The summed E-state index contributed by atoms with van der Waals surface area (Å²) in [5.74, 6) is -0.140. The van der Waals surface area contributed by atoms with Gasteiger partial charge in [0, 0.05) is 6.42 Å². The van der Waals surface area contributed by atoms with Crippen molar-refractivity contribution in [3.63, 3.8) is 0 Å². The van der Waals surface area contributed by atoms with Crippen molar-refractivity contribution in [1.82, 2.24) is 5.32 Å². The third-order valence-corrected chi connectivity index (χ3v) is 13.3. The molecule has 360 valence electrons. The van der Waals surface area contributed by atoms with Gasteiger partial charge < -0.3 is 19.8 Å². The molecule has 3 atom stereocenters. The van der Waals surface area contributed by atoms with E-state index < -0.39 is 20.0 Å². The highest BCUT2D eigenvalue weighted by molar-refractivity contribution is 7.47. The summed E-state index contributed by atoms with van der Waals surface area (Å²) < 4.78 is 23.7. The molecular formula is C51H106N2O6P+. The zero-order valence-electron chi connectivity index (χ0n) is 41.0. The smallest absolute Gasteiger partial charge is 0.391 e. The molecule has 0 bridgehead atoms. The maximum Gasteiger partial charge on any atom is 0.472 e. The van der Waals surface area contributed by atoms with Crippen LogP contribution in [0.15, 0.2) is 0 Å². The second-order valence-corrected chi connectivity index (χ2v) is 21.1. The number of unbranched alkanes of at least 4 members (excludes halogenated alkanes) is 36. The number of phosphoric acid groups is 1. The lowest BCUT2D eigenvalue weighted by Gasteiger charge is -2.26. The predicted molar refractivity (Wildman–Crippen MR) is 259 cm³/mol. The Morgan fingerprint density at radius 3 is 1.12 bits per heavy atom. The Labute approximate surface area is 374 Å². The third-order valence-electron chi connectivity index (χ3n) is 12.4. The summed E-state index contributed by atoms with van der Waals surface area (Å²) in [4.78, 5) is 23.2. The van der Waals surface area contributed by atoms with Crippen LogP contribution in [-0.2, 0) is 18.4 Å². The van der Waals surface area contributed by atoms with E-state index in [2.05, 4.69) is 19.2 Å². The van der Waals surface area contributed by atoms with E-state index in [1.54, 1.807) is 0 Å². The zero-order valence-corrected chi connectivity index (χ0v) is 41.9. The number of aliphatic hydroxyl groups excluding tert-OH is 1. The molecule has 0 saturated heterocycles. The molecule has 0 aliphatic rings. The molecule has 0 spiro atoms. The van der Waals surface area contributed by atoms with E-state index in [-0.39, 0.29) is 19.1 Å². The van der Waals surface area contributed by atoms with Crippen molar-refractivity contribution in [1.29, 1.82) is 0 Å². The SMILES string of the molecule is CCCCCCCCCCCCCCCCCCCCCCCCCCCC(O)C(COP(=O)(O)OCC[N+](C)(C)C)NC(=O)CCCCCCCCCCCCCCC. The average molecular weight is 874 g/mol. The van der Waals surface area contributed by atoms with Gasteiger partial charge in [-0.3, -0.25) is 13.8 Å². The van der Waals surface area contributed by atoms with Crippen LogP contribution in [0.2, 0.25) is 0 Å². The first-order valence-corrected chi connectivity index (χ1v) is 27.9. The number of phosphoric ester groups is 1.